The van der Waals surface area contributed by atoms with E-state index < -0.39 is 0 Å². The Labute approximate surface area is 262 Å². The topological polar surface area (TPSA) is 200 Å². The van der Waals surface area contributed by atoms with Crippen LogP contribution in [0.4, 0.5) is 0 Å². The van der Waals surface area contributed by atoms with Crippen LogP contribution in [-0.4, -0.2) is 127 Å². The summed E-state index contributed by atoms with van der Waals surface area (Å²) in [6.45, 7) is 14.4. The molecule has 0 aromatic heterocycles. The fraction of sp³-hybridized carbons (Fsp3) is 1.00. The molecule has 0 aromatic carbocycles. The molecular weight excluding hydrogens is 548 g/mol. The Morgan fingerprint density at radius 3 is 1.09 bits per heavy atom. The van der Waals surface area contributed by atoms with Crippen molar-refractivity contribution in [1.82, 2.24) is 9.80 Å². The second kappa shape index (κ2) is 23.8. The van der Waals surface area contributed by atoms with E-state index in [1.54, 1.807) is 0 Å². The van der Waals surface area contributed by atoms with Gasteiger partial charge in [0.25, 0.3) is 0 Å². The maximum absolute atomic E-state index is 5.73. The van der Waals surface area contributed by atoms with Gasteiger partial charge in [0.1, 0.15) is 0 Å². The van der Waals surface area contributed by atoms with Crippen molar-refractivity contribution in [2.45, 2.75) is 76.8 Å². The van der Waals surface area contributed by atoms with E-state index in [-0.39, 0.29) is 18.0 Å². The van der Waals surface area contributed by atoms with E-state index in [2.05, 4.69) is 9.80 Å². The zero-order valence-corrected chi connectivity index (χ0v) is 27.2. The number of rotatable bonds is 14. The largest absolute Gasteiger partial charge is 0.352 e. The van der Waals surface area contributed by atoms with Crippen LogP contribution in [0.2, 0.25) is 0 Å². The molecule has 0 radical (unpaired) electrons. The minimum absolute atomic E-state index is 0.121. The van der Waals surface area contributed by atoms with Gasteiger partial charge in [-0.2, -0.15) is 0 Å². The summed E-state index contributed by atoms with van der Waals surface area (Å²) in [5.74, 6) is 1.59. The summed E-state index contributed by atoms with van der Waals surface area (Å²) < 4.78 is 22.9. The summed E-state index contributed by atoms with van der Waals surface area (Å²) in [6.07, 6.45) is 10.8. The number of piperazine rings is 1. The summed E-state index contributed by atoms with van der Waals surface area (Å²) in [7, 11) is 0. The van der Waals surface area contributed by atoms with E-state index in [0.29, 0.717) is 39.5 Å². The van der Waals surface area contributed by atoms with Crippen molar-refractivity contribution >= 4 is 0 Å². The quantitative estimate of drug-likeness (QED) is 0.155. The molecule has 12 nitrogen and oxygen atoms in total. The monoisotopic (exact) mass is 617 g/mol. The van der Waals surface area contributed by atoms with E-state index in [0.717, 1.165) is 76.5 Å². The molecule has 1 aliphatic carbocycles. The molecule has 12 N–H and O–H groups in total. The van der Waals surface area contributed by atoms with Crippen LogP contribution in [-0.2, 0) is 18.9 Å². The first kappa shape index (κ1) is 38.7. The van der Waals surface area contributed by atoms with Crippen LogP contribution in [0.15, 0.2) is 0 Å². The van der Waals surface area contributed by atoms with E-state index in [1.165, 1.54) is 65.0 Å². The number of hydrogen-bond donors (Lipinski definition) is 6. The molecule has 0 amide bonds. The van der Waals surface area contributed by atoms with E-state index >= 15 is 0 Å². The van der Waals surface area contributed by atoms with Crippen molar-refractivity contribution in [2.24, 2.45) is 51.7 Å². The van der Waals surface area contributed by atoms with Crippen LogP contribution in [0, 0.1) is 17.3 Å². The first-order valence-electron chi connectivity index (χ1n) is 17.1. The summed E-state index contributed by atoms with van der Waals surface area (Å²) in [4.78, 5) is 5.01. The number of hydrogen-bond acceptors (Lipinski definition) is 12. The highest BCUT2D eigenvalue weighted by molar-refractivity contribution is 4.84. The van der Waals surface area contributed by atoms with Gasteiger partial charge in [-0.3, -0.25) is 0 Å². The normalized spacial score (nSPS) is 30.3. The fourth-order valence-electron chi connectivity index (χ4n) is 5.90. The molecule has 12 heteroatoms. The predicted molar refractivity (Wildman–Crippen MR) is 174 cm³/mol. The van der Waals surface area contributed by atoms with Gasteiger partial charge >= 0.3 is 0 Å². The Hall–Kier alpha value is -0.480. The van der Waals surface area contributed by atoms with Crippen molar-refractivity contribution in [3.63, 3.8) is 0 Å². The van der Waals surface area contributed by atoms with Gasteiger partial charge in [-0.15, -0.1) is 0 Å². The SMILES string of the molecule is NCC1CCC(CN)CC1.NCCCC1OCC2(CO1)COC(CCCN)OC2.NCCCN1CCN(CCCN)CC1. The summed E-state index contributed by atoms with van der Waals surface area (Å²) >= 11 is 0. The molecule has 4 aliphatic rings. The first-order chi connectivity index (χ1) is 21.0. The molecule has 43 heavy (non-hydrogen) atoms. The first-order valence-corrected chi connectivity index (χ1v) is 17.1. The lowest BCUT2D eigenvalue weighted by Crippen LogP contribution is -2.52. The van der Waals surface area contributed by atoms with Crippen LogP contribution < -0.4 is 34.4 Å². The Morgan fingerprint density at radius 2 is 0.814 bits per heavy atom. The van der Waals surface area contributed by atoms with Gasteiger partial charge in [0.05, 0.1) is 31.8 Å². The standard InChI is InChI=1S/C13H26N2O4.C10H24N4.C8H18N2/c14-5-1-3-11-16-7-13(8-17-11)9-18-12(19-10-13)4-2-6-15;11-3-1-5-13-7-9-14(10-8-13)6-2-4-12;9-5-7-1-2-8(6-10)4-3-7/h11-12H,1-10,14-15H2;1-12H2;7-8H,1-6,9-10H2. The number of ether oxygens (including phenoxy) is 4. The number of nitrogens with zero attached hydrogens (tertiary/aromatic N) is 2. The predicted octanol–water partition coefficient (Wildman–Crippen LogP) is 0.208. The van der Waals surface area contributed by atoms with Crippen molar-refractivity contribution in [2.75, 3.05) is 105 Å². The third-order valence-corrected chi connectivity index (χ3v) is 9.04. The zero-order chi connectivity index (χ0) is 31.2. The molecule has 1 spiro atoms. The minimum Gasteiger partial charge on any atom is -0.352 e. The third kappa shape index (κ3) is 16.1. The lowest BCUT2D eigenvalue weighted by atomic mass is 9.82. The summed E-state index contributed by atoms with van der Waals surface area (Å²) in [5.41, 5.74) is 32.9. The second-order valence-electron chi connectivity index (χ2n) is 12.8. The molecule has 256 valence electrons. The lowest BCUT2D eigenvalue weighted by Gasteiger charge is -2.43. The molecular formula is C31H68N8O4. The molecule has 1 saturated carbocycles. The van der Waals surface area contributed by atoms with Gasteiger partial charge in [-0.25, -0.2) is 0 Å². The fourth-order valence-corrected chi connectivity index (χ4v) is 5.90. The van der Waals surface area contributed by atoms with E-state index in [1.807, 2.05) is 0 Å². The minimum atomic E-state index is -0.140. The highest BCUT2D eigenvalue weighted by atomic mass is 16.7. The smallest absolute Gasteiger partial charge is 0.157 e. The molecule has 0 unspecified atom stereocenters. The Morgan fingerprint density at radius 1 is 0.488 bits per heavy atom. The molecule has 0 bridgehead atoms. The van der Waals surface area contributed by atoms with Crippen LogP contribution in [0.25, 0.3) is 0 Å². The van der Waals surface area contributed by atoms with Crippen LogP contribution >= 0.6 is 0 Å². The zero-order valence-electron chi connectivity index (χ0n) is 27.2. The van der Waals surface area contributed by atoms with Gasteiger partial charge in [0.15, 0.2) is 12.6 Å². The molecule has 3 saturated heterocycles. The Balaban J connectivity index is 0.000000237. The van der Waals surface area contributed by atoms with Crippen LogP contribution in [0.5, 0.6) is 0 Å². The Kier molecular flexibility index (Phi) is 21.4. The summed E-state index contributed by atoms with van der Waals surface area (Å²) in [6, 6.07) is 0. The molecule has 4 fully saturated rings. The van der Waals surface area contributed by atoms with Crippen LogP contribution in [0.3, 0.4) is 0 Å². The van der Waals surface area contributed by atoms with Crippen molar-refractivity contribution in [1.29, 1.82) is 0 Å². The third-order valence-electron chi connectivity index (χ3n) is 9.04. The van der Waals surface area contributed by atoms with Gasteiger partial charge in [0, 0.05) is 26.2 Å². The van der Waals surface area contributed by atoms with Crippen molar-refractivity contribution < 1.29 is 18.9 Å². The maximum atomic E-state index is 5.73. The molecule has 0 aromatic rings. The maximum Gasteiger partial charge on any atom is 0.157 e. The molecule has 3 aliphatic heterocycles. The highest BCUT2D eigenvalue weighted by Crippen LogP contribution is 2.32. The molecule has 4 rings (SSSR count). The average molecular weight is 617 g/mol. The summed E-state index contributed by atoms with van der Waals surface area (Å²) in [5, 5.41) is 0. The second-order valence-corrected chi connectivity index (χ2v) is 12.8. The highest BCUT2D eigenvalue weighted by Gasteiger charge is 2.41. The average Bonchev–Trinajstić information content (AvgIpc) is 3.07. The van der Waals surface area contributed by atoms with Gasteiger partial charge < -0.3 is 63.1 Å². The Bertz CT molecular complexity index is 578. The van der Waals surface area contributed by atoms with Gasteiger partial charge in [0.2, 0.25) is 0 Å². The lowest BCUT2D eigenvalue weighted by molar-refractivity contribution is -0.304. The van der Waals surface area contributed by atoms with E-state index in [9.17, 15) is 0 Å². The van der Waals surface area contributed by atoms with Crippen molar-refractivity contribution in [3.8, 4) is 0 Å². The van der Waals surface area contributed by atoms with Gasteiger partial charge in [-0.05, 0) is 128 Å². The van der Waals surface area contributed by atoms with Gasteiger partial charge in [-0.1, -0.05) is 0 Å². The van der Waals surface area contributed by atoms with E-state index in [4.69, 9.17) is 53.3 Å². The van der Waals surface area contributed by atoms with Crippen molar-refractivity contribution in [3.05, 3.63) is 0 Å². The molecule has 3 heterocycles. The van der Waals surface area contributed by atoms with Crippen LogP contribution in [0.1, 0.15) is 64.2 Å². The number of nitrogens with two attached hydrogens (primary N) is 6. The molecule has 0 atom stereocenters.